The van der Waals surface area contributed by atoms with E-state index in [4.69, 9.17) is 10.5 Å². The zero-order valence-electron chi connectivity index (χ0n) is 12.3. The molecule has 0 aliphatic carbocycles. The summed E-state index contributed by atoms with van der Waals surface area (Å²) >= 11 is 0. The molecule has 0 fully saturated rings. The van der Waals surface area contributed by atoms with Crippen molar-refractivity contribution in [2.24, 2.45) is 0 Å². The summed E-state index contributed by atoms with van der Waals surface area (Å²) in [5, 5.41) is 2.90. The number of amides is 1. The number of rotatable bonds is 5. The fourth-order valence-electron chi connectivity index (χ4n) is 2.17. The zero-order chi connectivity index (χ0) is 15.2. The van der Waals surface area contributed by atoms with Gasteiger partial charge in [0.2, 0.25) is 0 Å². The summed E-state index contributed by atoms with van der Waals surface area (Å²) in [4.78, 5) is 12.0. The van der Waals surface area contributed by atoms with Gasteiger partial charge in [0.1, 0.15) is 5.75 Å². The standard InChI is InChI=1S/C17H20N2O2/c1-12-4-3-5-13(10-12)8-9-19-17(20)14-6-7-16(21-2)15(18)11-14/h3-7,10-11H,8-9,18H2,1-2H3,(H,19,20). The SMILES string of the molecule is COc1ccc(C(=O)NCCc2cccc(C)c2)cc1N. The number of ether oxygens (including phenoxy) is 1. The number of benzene rings is 2. The van der Waals surface area contributed by atoms with E-state index in [2.05, 4.69) is 30.4 Å². The molecule has 0 saturated heterocycles. The van der Waals surface area contributed by atoms with Gasteiger partial charge in [0.05, 0.1) is 12.8 Å². The van der Waals surface area contributed by atoms with Crippen LogP contribution in [-0.4, -0.2) is 19.6 Å². The van der Waals surface area contributed by atoms with Crippen molar-refractivity contribution in [3.8, 4) is 5.75 Å². The first-order valence-corrected chi connectivity index (χ1v) is 6.87. The molecule has 2 rings (SSSR count). The van der Waals surface area contributed by atoms with Gasteiger partial charge in [-0.25, -0.2) is 0 Å². The average Bonchev–Trinajstić information content (AvgIpc) is 2.47. The van der Waals surface area contributed by atoms with Crippen LogP contribution in [0.25, 0.3) is 0 Å². The molecule has 110 valence electrons. The second-order valence-corrected chi connectivity index (χ2v) is 4.95. The van der Waals surface area contributed by atoms with E-state index in [-0.39, 0.29) is 5.91 Å². The van der Waals surface area contributed by atoms with Crippen molar-refractivity contribution >= 4 is 11.6 Å². The Kier molecular flexibility index (Phi) is 4.82. The average molecular weight is 284 g/mol. The third-order valence-corrected chi connectivity index (χ3v) is 3.27. The molecular weight excluding hydrogens is 264 g/mol. The highest BCUT2D eigenvalue weighted by molar-refractivity contribution is 5.95. The third kappa shape index (κ3) is 3.99. The number of nitrogen functional groups attached to an aromatic ring is 1. The summed E-state index contributed by atoms with van der Waals surface area (Å²) in [7, 11) is 1.55. The van der Waals surface area contributed by atoms with Crippen LogP contribution in [0.15, 0.2) is 42.5 Å². The van der Waals surface area contributed by atoms with Gasteiger partial charge >= 0.3 is 0 Å². The number of methoxy groups -OCH3 is 1. The number of anilines is 1. The number of carbonyl (C=O) groups excluding carboxylic acids is 1. The van der Waals surface area contributed by atoms with E-state index in [1.807, 2.05) is 6.07 Å². The predicted molar refractivity (Wildman–Crippen MR) is 84.6 cm³/mol. The van der Waals surface area contributed by atoms with E-state index in [1.165, 1.54) is 11.1 Å². The Morgan fingerprint density at radius 2 is 2.05 bits per heavy atom. The van der Waals surface area contributed by atoms with E-state index >= 15 is 0 Å². The fourth-order valence-corrected chi connectivity index (χ4v) is 2.17. The summed E-state index contributed by atoms with van der Waals surface area (Å²) in [5.41, 5.74) is 9.24. The minimum absolute atomic E-state index is 0.128. The number of nitrogens with one attached hydrogen (secondary N) is 1. The fraction of sp³-hybridized carbons (Fsp3) is 0.235. The van der Waals surface area contributed by atoms with Crippen LogP contribution in [0.3, 0.4) is 0 Å². The molecule has 0 atom stereocenters. The lowest BCUT2D eigenvalue weighted by atomic mass is 10.1. The summed E-state index contributed by atoms with van der Waals surface area (Å²) in [6.07, 6.45) is 0.805. The second kappa shape index (κ2) is 6.79. The molecule has 4 heteroatoms. The zero-order valence-corrected chi connectivity index (χ0v) is 12.3. The van der Waals surface area contributed by atoms with Crippen LogP contribution in [0.5, 0.6) is 5.75 Å². The Hall–Kier alpha value is -2.49. The molecule has 0 aromatic heterocycles. The molecule has 0 aliphatic rings. The van der Waals surface area contributed by atoms with E-state index in [1.54, 1.807) is 25.3 Å². The minimum Gasteiger partial charge on any atom is -0.495 e. The first-order chi connectivity index (χ1) is 10.1. The van der Waals surface area contributed by atoms with Crippen molar-refractivity contribution in [1.82, 2.24) is 5.32 Å². The molecule has 3 N–H and O–H groups in total. The van der Waals surface area contributed by atoms with E-state index < -0.39 is 0 Å². The Morgan fingerprint density at radius 3 is 2.71 bits per heavy atom. The number of carbonyl (C=O) groups is 1. The van der Waals surface area contributed by atoms with Crippen molar-refractivity contribution in [3.63, 3.8) is 0 Å². The number of nitrogens with two attached hydrogens (primary N) is 1. The predicted octanol–water partition coefficient (Wildman–Crippen LogP) is 2.56. The maximum Gasteiger partial charge on any atom is 0.251 e. The van der Waals surface area contributed by atoms with Gasteiger partial charge in [-0.3, -0.25) is 4.79 Å². The monoisotopic (exact) mass is 284 g/mol. The van der Waals surface area contributed by atoms with Crippen LogP contribution < -0.4 is 15.8 Å². The lowest BCUT2D eigenvalue weighted by Crippen LogP contribution is -2.25. The van der Waals surface area contributed by atoms with Crippen LogP contribution in [-0.2, 0) is 6.42 Å². The van der Waals surface area contributed by atoms with Gasteiger partial charge in [-0.05, 0) is 37.1 Å². The van der Waals surface area contributed by atoms with E-state index in [9.17, 15) is 4.79 Å². The molecule has 1 amide bonds. The quantitative estimate of drug-likeness (QED) is 0.829. The smallest absolute Gasteiger partial charge is 0.251 e. The van der Waals surface area contributed by atoms with Gasteiger partial charge in [-0.2, -0.15) is 0 Å². The highest BCUT2D eigenvalue weighted by Gasteiger charge is 2.08. The molecule has 21 heavy (non-hydrogen) atoms. The first kappa shape index (κ1) is 14.9. The van der Waals surface area contributed by atoms with Crippen LogP contribution in [0, 0.1) is 6.92 Å². The van der Waals surface area contributed by atoms with Crippen LogP contribution in [0.2, 0.25) is 0 Å². The van der Waals surface area contributed by atoms with E-state index in [0.717, 1.165) is 6.42 Å². The molecule has 0 spiro atoms. The molecule has 0 aliphatic heterocycles. The number of hydrogen-bond donors (Lipinski definition) is 2. The van der Waals surface area contributed by atoms with Crippen molar-refractivity contribution < 1.29 is 9.53 Å². The molecular formula is C17H20N2O2. The van der Waals surface area contributed by atoms with Gasteiger partial charge in [-0.15, -0.1) is 0 Å². The topological polar surface area (TPSA) is 64.3 Å². The summed E-state index contributed by atoms with van der Waals surface area (Å²) in [6.45, 7) is 2.65. The molecule has 2 aromatic carbocycles. The molecule has 0 heterocycles. The Bertz CT molecular complexity index is 638. The van der Waals surface area contributed by atoms with Gasteiger partial charge in [0.25, 0.3) is 5.91 Å². The second-order valence-electron chi connectivity index (χ2n) is 4.95. The Labute approximate surface area is 124 Å². The van der Waals surface area contributed by atoms with Crippen LogP contribution >= 0.6 is 0 Å². The highest BCUT2D eigenvalue weighted by atomic mass is 16.5. The molecule has 0 unspecified atom stereocenters. The van der Waals surface area contributed by atoms with Gasteiger partial charge in [-0.1, -0.05) is 29.8 Å². The van der Waals surface area contributed by atoms with Crippen LogP contribution in [0.1, 0.15) is 21.5 Å². The lowest BCUT2D eigenvalue weighted by Gasteiger charge is -2.08. The minimum atomic E-state index is -0.128. The molecule has 4 nitrogen and oxygen atoms in total. The number of aryl methyl sites for hydroxylation is 1. The largest absolute Gasteiger partial charge is 0.495 e. The molecule has 2 aromatic rings. The lowest BCUT2D eigenvalue weighted by molar-refractivity contribution is 0.0954. The summed E-state index contributed by atoms with van der Waals surface area (Å²) < 4.78 is 5.07. The third-order valence-electron chi connectivity index (χ3n) is 3.27. The van der Waals surface area contributed by atoms with Crippen molar-refractivity contribution in [2.45, 2.75) is 13.3 Å². The maximum atomic E-state index is 12.0. The van der Waals surface area contributed by atoms with Crippen molar-refractivity contribution in [1.29, 1.82) is 0 Å². The summed E-state index contributed by atoms with van der Waals surface area (Å²) in [5.74, 6) is 0.448. The molecule has 0 saturated carbocycles. The van der Waals surface area contributed by atoms with Gasteiger partial charge < -0.3 is 15.8 Å². The molecule has 0 bridgehead atoms. The Morgan fingerprint density at radius 1 is 1.24 bits per heavy atom. The first-order valence-electron chi connectivity index (χ1n) is 6.87. The van der Waals surface area contributed by atoms with Crippen molar-refractivity contribution in [3.05, 3.63) is 59.2 Å². The molecule has 0 radical (unpaired) electrons. The number of hydrogen-bond acceptors (Lipinski definition) is 3. The van der Waals surface area contributed by atoms with Gasteiger partial charge in [0, 0.05) is 12.1 Å². The Balaban J connectivity index is 1.91. The summed E-state index contributed by atoms with van der Waals surface area (Å²) in [6, 6.07) is 13.3. The normalized spacial score (nSPS) is 10.2. The highest BCUT2D eigenvalue weighted by Crippen LogP contribution is 2.21. The maximum absolute atomic E-state index is 12.0. The van der Waals surface area contributed by atoms with E-state index in [0.29, 0.717) is 23.5 Å². The van der Waals surface area contributed by atoms with Crippen molar-refractivity contribution in [2.75, 3.05) is 19.4 Å². The van der Waals surface area contributed by atoms with Gasteiger partial charge in [0.15, 0.2) is 0 Å². The van der Waals surface area contributed by atoms with Crippen LogP contribution in [0.4, 0.5) is 5.69 Å².